The topological polar surface area (TPSA) is 36.7 Å². The molecule has 0 N–H and O–H groups in total. The van der Waals surface area contributed by atoms with E-state index in [1.165, 1.54) is 6.07 Å². The molecule has 5 heteroatoms. The zero-order chi connectivity index (χ0) is 11.8. The normalized spacial score (nSPS) is 17.9. The van der Waals surface area contributed by atoms with E-state index in [0.29, 0.717) is 11.5 Å². The Morgan fingerprint density at radius 2 is 2.06 bits per heavy atom. The van der Waals surface area contributed by atoms with E-state index >= 15 is 0 Å². The van der Waals surface area contributed by atoms with Crippen LogP contribution in [0, 0.1) is 17.2 Å². The van der Waals surface area contributed by atoms with Gasteiger partial charge in [-0.2, -0.15) is 18.4 Å². The summed E-state index contributed by atoms with van der Waals surface area (Å²) >= 11 is 0. The number of hydrogen-bond acceptors (Lipinski definition) is 2. The second-order valence-electron chi connectivity index (χ2n) is 3.92. The standard InChI is InChI=1S/C11H9F3N2/c12-11(13,14)10-4-3-8(6-16-10)9(5-15)7-1-2-7/h3-4,6-7,9H,1-2H2/t9-/m0/s1. The maximum atomic E-state index is 12.2. The predicted octanol–water partition coefficient (Wildman–Crippen LogP) is 3.12. The Morgan fingerprint density at radius 1 is 1.38 bits per heavy atom. The van der Waals surface area contributed by atoms with Gasteiger partial charge >= 0.3 is 6.18 Å². The monoisotopic (exact) mass is 226 g/mol. The van der Waals surface area contributed by atoms with Gasteiger partial charge in [0, 0.05) is 6.20 Å². The zero-order valence-corrected chi connectivity index (χ0v) is 8.33. The van der Waals surface area contributed by atoms with Gasteiger partial charge in [-0.3, -0.25) is 4.98 Å². The van der Waals surface area contributed by atoms with Crippen LogP contribution in [0.15, 0.2) is 18.3 Å². The Labute approximate surface area is 90.7 Å². The molecule has 0 aliphatic heterocycles. The van der Waals surface area contributed by atoms with Gasteiger partial charge in [0.2, 0.25) is 0 Å². The molecule has 84 valence electrons. The molecule has 1 atom stereocenters. The van der Waals surface area contributed by atoms with Gasteiger partial charge in [0.05, 0.1) is 12.0 Å². The highest BCUT2D eigenvalue weighted by molar-refractivity contribution is 5.26. The molecule has 0 aromatic carbocycles. The minimum absolute atomic E-state index is 0.295. The Hall–Kier alpha value is -1.57. The first-order valence-corrected chi connectivity index (χ1v) is 4.95. The van der Waals surface area contributed by atoms with E-state index in [-0.39, 0.29) is 5.92 Å². The van der Waals surface area contributed by atoms with Crippen molar-refractivity contribution in [3.8, 4) is 6.07 Å². The fourth-order valence-electron chi connectivity index (χ4n) is 1.64. The van der Waals surface area contributed by atoms with Crippen LogP contribution >= 0.6 is 0 Å². The van der Waals surface area contributed by atoms with Gasteiger partial charge in [0.1, 0.15) is 5.69 Å². The van der Waals surface area contributed by atoms with Crippen LogP contribution in [0.1, 0.15) is 30.0 Å². The summed E-state index contributed by atoms with van der Waals surface area (Å²) in [4.78, 5) is 3.35. The van der Waals surface area contributed by atoms with E-state index in [1.54, 1.807) is 0 Å². The second kappa shape index (κ2) is 3.78. The molecule has 1 aliphatic rings. The van der Waals surface area contributed by atoms with Gasteiger partial charge in [-0.1, -0.05) is 6.07 Å². The molecule has 1 heterocycles. The van der Waals surface area contributed by atoms with Crippen LogP contribution in [0.2, 0.25) is 0 Å². The van der Waals surface area contributed by atoms with Crippen molar-refractivity contribution in [3.63, 3.8) is 0 Å². The Balaban J connectivity index is 2.22. The highest BCUT2D eigenvalue weighted by Gasteiger charge is 2.35. The molecule has 1 aliphatic carbocycles. The minimum atomic E-state index is -4.42. The SMILES string of the molecule is N#C[C@H](c1ccc(C(F)(F)F)nc1)C1CC1. The molecular weight excluding hydrogens is 217 g/mol. The van der Waals surface area contributed by atoms with Crippen LogP contribution in [0.5, 0.6) is 0 Å². The quantitative estimate of drug-likeness (QED) is 0.776. The van der Waals surface area contributed by atoms with Crippen molar-refractivity contribution >= 4 is 0 Å². The molecule has 1 fully saturated rings. The molecule has 16 heavy (non-hydrogen) atoms. The summed E-state index contributed by atoms with van der Waals surface area (Å²) in [6, 6.07) is 4.40. The Bertz CT molecular complexity index is 412. The van der Waals surface area contributed by atoms with Crippen LogP contribution < -0.4 is 0 Å². The predicted molar refractivity (Wildman–Crippen MR) is 50.3 cm³/mol. The lowest BCUT2D eigenvalue weighted by Gasteiger charge is -2.09. The molecule has 2 nitrogen and oxygen atoms in total. The lowest BCUT2D eigenvalue weighted by Crippen LogP contribution is -2.08. The van der Waals surface area contributed by atoms with Crippen molar-refractivity contribution in [1.82, 2.24) is 4.98 Å². The van der Waals surface area contributed by atoms with Crippen molar-refractivity contribution in [1.29, 1.82) is 5.26 Å². The van der Waals surface area contributed by atoms with Crippen molar-refractivity contribution in [2.75, 3.05) is 0 Å². The van der Waals surface area contributed by atoms with Gasteiger partial charge < -0.3 is 0 Å². The average Bonchev–Trinajstić information content (AvgIpc) is 3.03. The summed E-state index contributed by atoms with van der Waals surface area (Å²) in [6.07, 6.45) is -1.31. The first kappa shape index (κ1) is 10.9. The third-order valence-corrected chi connectivity index (χ3v) is 2.67. The van der Waals surface area contributed by atoms with Crippen LogP contribution in [-0.4, -0.2) is 4.98 Å². The molecule has 0 amide bonds. The van der Waals surface area contributed by atoms with E-state index in [2.05, 4.69) is 11.1 Å². The van der Waals surface area contributed by atoms with Crippen LogP contribution in [0.4, 0.5) is 13.2 Å². The van der Waals surface area contributed by atoms with Gasteiger partial charge in [0.15, 0.2) is 0 Å². The Kier molecular flexibility index (Phi) is 2.58. The number of aromatic nitrogens is 1. The third kappa shape index (κ3) is 2.16. The van der Waals surface area contributed by atoms with E-state index < -0.39 is 11.9 Å². The fourth-order valence-corrected chi connectivity index (χ4v) is 1.64. The van der Waals surface area contributed by atoms with Crippen molar-refractivity contribution < 1.29 is 13.2 Å². The molecule has 0 spiro atoms. The zero-order valence-electron chi connectivity index (χ0n) is 8.33. The van der Waals surface area contributed by atoms with Crippen molar-refractivity contribution in [2.45, 2.75) is 24.9 Å². The summed E-state index contributed by atoms with van der Waals surface area (Å²) < 4.78 is 36.7. The van der Waals surface area contributed by atoms with E-state index in [0.717, 1.165) is 25.1 Å². The summed E-state index contributed by atoms with van der Waals surface area (Å²) in [6.45, 7) is 0. The molecule has 1 aromatic rings. The minimum Gasteiger partial charge on any atom is -0.251 e. The van der Waals surface area contributed by atoms with Gasteiger partial charge in [-0.15, -0.1) is 0 Å². The first-order valence-electron chi connectivity index (χ1n) is 4.95. The lowest BCUT2D eigenvalue weighted by atomic mass is 9.97. The van der Waals surface area contributed by atoms with Gasteiger partial charge in [-0.05, 0) is 30.4 Å². The van der Waals surface area contributed by atoms with Crippen molar-refractivity contribution in [2.24, 2.45) is 5.92 Å². The largest absolute Gasteiger partial charge is 0.433 e. The summed E-state index contributed by atoms with van der Waals surface area (Å²) in [5.74, 6) is -0.0154. The molecular formula is C11H9F3N2. The second-order valence-corrected chi connectivity index (χ2v) is 3.92. The molecule has 1 saturated carbocycles. The molecule has 0 radical (unpaired) electrons. The van der Waals surface area contributed by atoms with Crippen LogP contribution in [-0.2, 0) is 6.18 Å². The fraction of sp³-hybridized carbons (Fsp3) is 0.455. The smallest absolute Gasteiger partial charge is 0.251 e. The highest BCUT2D eigenvalue weighted by atomic mass is 19.4. The molecule has 1 aromatic heterocycles. The number of alkyl halides is 3. The summed E-state index contributed by atoms with van der Waals surface area (Å²) in [5, 5.41) is 8.92. The number of nitriles is 1. The number of nitrogens with zero attached hydrogens (tertiary/aromatic N) is 2. The van der Waals surface area contributed by atoms with E-state index in [4.69, 9.17) is 5.26 Å². The van der Waals surface area contributed by atoms with Gasteiger partial charge in [-0.25, -0.2) is 0 Å². The van der Waals surface area contributed by atoms with Crippen LogP contribution in [0.25, 0.3) is 0 Å². The molecule has 0 saturated heterocycles. The number of rotatable bonds is 2. The molecule has 2 rings (SSSR count). The van der Waals surface area contributed by atoms with Crippen LogP contribution in [0.3, 0.4) is 0 Å². The number of hydrogen-bond donors (Lipinski definition) is 0. The maximum Gasteiger partial charge on any atom is 0.433 e. The highest BCUT2D eigenvalue weighted by Crippen LogP contribution is 2.42. The van der Waals surface area contributed by atoms with Crippen molar-refractivity contribution in [3.05, 3.63) is 29.6 Å². The summed E-state index contributed by atoms with van der Waals surface area (Å²) in [7, 11) is 0. The lowest BCUT2D eigenvalue weighted by molar-refractivity contribution is -0.141. The van der Waals surface area contributed by atoms with E-state index in [9.17, 15) is 13.2 Å². The first-order chi connectivity index (χ1) is 7.52. The summed E-state index contributed by atoms with van der Waals surface area (Å²) in [5.41, 5.74) is -0.332. The Morgan fingerprint density at radius 3 is 2.44 bits per heavy atom. The van der Waals surface area contributed by atoms with Gasteiger partial charge in [0.25, 0.3) is 0 Å². The number of halogens is 3. The third-order valence-electron chi connectivity index (χ3n) is 2.67. The molecule has 0 unspecified atom stereocenters. The molecule has 0 bridgehead atoms. The maximum absolute atomic E-state index is 12.2. The van der Waals surface area contributed by atoms with E-state index in [1.807, 2.05) is 0 Å². The average molecular weight is 226 g/mol. The number of pyridine rings is 1.